The smallest absolute Gasteiger partial charge is 0.305 e. The van der Waals surface area contributed by atoms with Crippen LogP contribution in [0.4, 0.5) is 5.82 Å². The van der Waals surface area contributed by atoms with Crippen LogP contribution >= 0.6 is 0 Å². The number of aryl methyl sites for hydroxylation is 3. The maximum absolute atomic E-state index is 11.3. The molecule has 4 heterocycles. The number of rotatable bonds is 9. The Labute approximate surface area is 177 Å². The highest BCUT2D eigenvalue weighted by atomic mass is 16.4. The molecule has 0 spiro atoms. The Morgan fingerprint density at radius 2 is 2.20 bits per heavy atom. The van der Waals surface area contributed by atoms with Crippen LogP contribution in [0.5, 0.6) is 0 Å². The average Bonchev–Trinajstić information content (AvgIpc) is 2.71. The lowest BCUT2D eigenvalue weighted by Crippen LogP contribution is -2.58. The van der Waals surface area contributed by atoms with Crippen molar-refractivity contribution in [3.05, 3.63) is 53.0 Å². The summed E-state index contributed by atoms with van der Waals surface area (Å²) >= 11 is 0. The van der Waals surface area contributed by atoms with Crippen molar-refractivity contribution < 1.29 is 9.90 Å². The summed E-state index contributed by atoms with van der Waals surface area (Å²) in [4.78, 5) is 22.8. The molecule has 2 aliphatic rings. The molecule has 4 rings (SSSR count). The van der Waals surface area contributed by atoms with Gasteiger partial charge in [-0.25, -0.2) is 4.98 Å². The normalized spacial score (nSPS) is 17.6. The van der Waals surface area contributed by atoms with Gasteiger partial charge in [-0.15, -0.1) is 0 Å². The topological polar surface area (TPSA) is 90.4 Å². The van der Waals surface area contributed by atoms with Gasteiger partial charge in [-0.3, -0.25) is 9.78 Å². The van der Waals surface area contributed by atoms with E-state index < -0.39 is 5.97 Å². The molecule has 1 fully saturated rings. The van der Waals surface area contributed by atoms with Gasteiger partial charge in [-0.2, -0.15) is 0 Å². The summed E-state index contributed by atoms with van der Waals surface area (Å²) in [6.07, 6.45) is 6.23. The van der Waals surface area contributed by atoms with E-state index in [0.717, 1.165) is 68.2 Å². The lowest BCUT2D eigenvalue weighted by molar-refractivity contribution is -0.137. The van der Waals surface area contributed by atoms with Crippen molar-refractivity contribution in [2.45, 2.75) is 51.1 Å². The van der Waals surface area contributed by atoms with E-state index in [2.05, 4.69) is 32.7 Å². The molecule has 1 saturated heterocycles. The van der Waals surface area contributed by atoms with Crippen molar-refractivity contribution in [1.82, 2.24) is 20.2 Å². The summed E-state index contributed by atoms with van der Waals surface area (Å²) in [5.74, 6) is 0.276. The largest absolute Gasteiger partial charge is 0.481 e. The minimum Gasteiger partial charge on any atom is -0.481 e. The van der Waals surface area contributed by atoms with Crippen molar-refractivity contribution in [3.63, 3.8) is 0 Å². The molecule has 7 nitrogen and oxygen atoms in total. The molecule has 3 N–H and O–H groups in total. The van der Waals surface area contributed by atoms with E-state index in [4.69, 9.17) is 4.98 Å². The van der Waals surface area contributed by atoms with Crippen LogP contribution in [0.25, 0.3) is 0 Å². The zero-order chi connectivity index (χ0) is 20.9. The second kappa shape index (κ2) is 9.53. The Morgan fingerprint density at radius 1 is 1.33 bits per heavy atom. The molecule has 2 aromatic rings. The zero-order valence-electron chi connectivity index (χ0n) is 17.6. The number of nitrogens with one attached hydrogen (secondary N) is 2. The van der Waals surface area contributed by atoms with Crippen molar-refractivity contribution in [2.24, 2.45) is 0 Å². The number of aromatic nitrogens is 2. The van der Waals surface area contributed by atoms with Crippen LogP contribution in [0.2, 0.25) is 0 Å². The van der Waals surface area contributed by atoms with E-state index in [0.29, 0.717) is 6.04 Å². The van der Waals surface area contributed by atoms with E-state index >= 15 is 0 Å². The molecule has 0 radical (unpaired) electrons. The molecule has 0 aromatic carbocycles. The second-order valence-corrected chi connectivity index (χ2v) is 8.45. The van der Waals surface area contributed by atoms with Gasteiger partial charge in [-0.05, 0) is 62.4 Å². The first-order valence-corrected chi connectivity index (χ1v) is 10.9. The Hall–Kier alpha value is -2.51. The van der Waals surface area contributed by atoms with Crippen molar-refractivity contribution >= 4 is 11.8 Å². The fraction of sp³-hybridized carbons (Fsp3) is 0.522. The van der Waals surface area contributed by atoms with Gasteiger partial charge in [0, 0.05) is 49.3 Å². The molecule has 0 aliphatic carbocycles. The Morgan fingerprint density at radius 3 is 2.97 bits per heavy atom. The molecule has 0 saturated carbocycles. The number of pyridine rings is 2. The molecule has 2 aromatic heterocycles. The van der Waals surface area contributed by atoms with Crippen molar-refractivity contribution in [2.75, 3.05) is 31.5 Å². The van der Waals surface area contributed by atoms with Crippen LogP contribution in [-0.2, 0) is 17.6 Å². The number of nitrogens with zero attached hydrogens (tertiary/aromatic N) is 3. The third-order valence-electron chi connectivity index (χ3n) is 5.97. The molecule has 160 valence electrons. The number of carboxylic acid groups (broad SMARTS) is 1. The number of hydrogen-bond acceptors (Lipinski definition) is 6. The quantitative estimate of drug-likeness (QED) is 0.586. The predicted molar refractivity (Wildman–Crippen MR) is 117 cm³/mol. The number of aliphatic carboxylic acids is 1. The minimum atomic E-state index is -0.795. The first kappa shape index (κ1) is 20.8. The van der Waals surface area contributed by atoms with Gasteiger partial charge in [0.15, 0.2) is 0 Å². The molecule has 30 heavy (non-hydrogen) atoms. The average molecular weight is 410 g/mol. The van der Waals surface area contributed by atoms with E-state index in [-0.39, 0.29) is 12.5 Å². The number of hydrogen-bond donors (Lipinski definition) is 3. The van der Waals surface area contributed by atoms with E-state index in [1.165, 1.54) is 12.0 Å². The first-order chi connectivity index (χ1) is 14.6. The van der Waals surface area contributed by atoms with Crippen molar-refractivity contribution in [3.8, 4) is 0 Å². The van der Waals surface area contributed by atoms with Gasteiger partial charge in [0.25, 0.3) is 0 Å². The lowest BCUT2D eigenvalue weighted by atomic mass is 10.0. The van der Waals surface area contributed by atoms with Gasteiger partial charge < -0.3 is 20.6 Å². The van der Waals surface area contributed by atoms with E-state index in [1.807, 2.05) is 19.1 Å². The standard InChI is InChI=1S/C23H31N5O2/c1-16-6-7-18(13-25-16)21(12-22(29)30)26-20-14-28(15-20)11-3-5-19-9-8-17-4-2-10-24-23(17)27-19/h6-9,13,20-21,26H,2-5,10-12,14-15H2,1H3,(H,24,27)(H,29,30)/t21-/m0/s1. The van der Waals surface area contributed by atoms with E-state index in [1.54, 1.807) is 6.20 Å². The molecular formula is C23H31N5O2. The lowest BCUT2D eigenvalue weighted by Gasteiger charge is -2.41. The summed E-state index contributed by atoms with van der Waals surface area (Å²) in [6, 6.07) is 8.41. The third kappa shape index (κ3) is 5.34. The minimum absolute atomic E-state index is 0.0687. The van der Waals surface area contributed by atoms with Crippen LogP contribution in [0.1, 0.15) is 47.8 Å². The Bertz CT molecular complexity index is 864. The molecular weight excluding hydrogens is 378 g/mol. The summed E-state index contributed by atoms with van der Waals surface area (Å²) in [7, 11) is 0. The van der Waals surface area contributed by atoms with Crippen LogP contribution in [0.3, 0.4) is 0 Å². The highest BCUT2D eigenvalue weighted by Gasteiger charge is 2.29. The summed E-state index contributed by atoms with van der Waals surface area (Å²) in [5, 5.41) is 16.2. The van der Waals surface area contributed by atoms with Crippen LogP contribution in [0.15, 0.2) is 30.5 Å². The van der Waals surface area contributed by atoms with Gasteiger partial charge >= 0.3 is 5.97 Å². The molecule has 0 bridgehead atoms. The Balaban J connectivity index is 1.21. The van der Waals surface area contributed by atoms with Crippen LogP contribution < -0.4 is 10.6 Å². The fourth-order valence-electron chi connectivity index (χ4n) is 4.27. The number of carbonyl (C=O) groups is 1. The zero-order valence-corrected chi connectivity index (χ0v) is 17.6. The molecule has 0 amide bonds. The number of anilines is 1. The van der Waals surface area contributed by atoms with Gasteiger partial charge in [0.1, 0.15) is 5.82 Å². The second-order valence-electron chi connectivity index (χ2n) is 8.45. The first-order valence-electron chi connectivity index (χ1n) is 10.9. The SMILES string of the molecule is Cc1ccc([C@H](CC(=O)O)NC2CN(CCCc3ccc4c(n3)NCCC4)C2)cn1. The number of carboxylic acids is 1. The molecule has 0 unspecified atom stereocenters. The molecule has 7 heteroatoms. The maximum Gasteiger partial charge on any atom is 0.305 e. The van der Waals surface area contributed by atoms with Gasteiger partial charge in [0.2, 0.25) is 0 Å². The van der Waals surface area contributed by atoms with Crippen LogP contribution in [-0.4, -0.2) is 58.2 Å². The molecule has 1 atom stereocenters. The highest BCUT2D eigenvalue weighted by molar-refractivity contribution is 5.67. The fourth-order valence-corrected chi connectivity index (χ4v) is 4.27. The highest BCUT2D eigenvalue weighted by Crippen LogP contribution is 2.22. The maximum atomic E-state index is 11.3. The number of likely N-dealkylation sites (tertiary alicyclic amines) is 1. The number of fused-ring (bicyclic) bond motifs is 1. The van der Waals surface area contributed by atoms with E-state index in [9.17, 15) is 9.90 Å². The summed E-state index contributed by atoms with van der Waals surface area (Å²) in [6.45, 7) is 5.90. The monoisotopic (exact) mass is 409 g/mol. The third-order valence-corrected chi connectivity index (χ3v) is 5.97. The Kier molecular flexibility index (Phi) is 6.59. The summed E-state index contributed by atoms with van der Waals surface area (Å²) in [5.41, 5.74) is 4.37. The van der Waals surface area contributed by atoms with Gasteiger partial charge in [-0.1, -0.05) is 12.1 Å². The van der Waals surface area contributed by atoms with Crippen molar-refractivity contribution in [1.29, 1.82) is 0 Å². The van der Waals surface area contributed by atoms with Crippen LogP contribution in [0, 0.1) is 6.92 Å². The molecule has 2 aliphatic heterocycles. The van der Waals surface area contributed by atoms with Gasteiger partial charge in [0.05, 0.1) is 6.42 Å². The predicted octanol–water partition coefficient (Wildman–Crippen LogP) is 2.57. The summed E-state index contributed by atoms with van der Waals surface area (Å²) < 4.78 is 0.